The molecule has 11 heteroatoms. The van der Waals surface area contributed by atoms with Gasteiger partial charge in [0.15, 0.2) is 22.6 Å². The molecule has 0 bridgehead atoms. The van der Waals surface area contributed by atoms with Gasteiger partial charge >= 0.3 is 0 Å². The highest BCUT2D eigenvalue weighted by atomic mass is 16.1. The highest BCUT2D eigenvalue weighted by Crippen LogP contribution is 2.12. The van der Waals surface area contributed by atoms with Crippen LogP contribution in [0.5, 0.6) is 0 Å². The Morgan fingerprint density at radius 2 is 2.04 bits per heavy atom. The number of H-pyrrole nitrogens is 2. The third-order valence-corrected chi connectivity index (χ3v) is 3.06. The van der Waals surface area contributed by atoms with E-state index in [1.807, 2.05) is 7.05 Å². The van der Waals surface area contributed by atoms with Gasteiger partial charge in [-0.05, 0) is 0 Å². The van der Waals surface area contributed by atoms with Gasteiger partial charge in [-0.3, -0.25) is 9.78 Å². The molecule has 23 heavy (non-hydrogen) atoms. The van der Waals surface area contributed by atoms with Crippen LogP contribution in [0.2, 0.25) is 0 Å². The lowest BCUT2D eigenvalue weighted by atomic mass is 10.5. The zero-order valence-electron chi connectivity index (χ0n) is 12.4. The molecule has 0 atom stereocenters. The number of fused-ring (bicyclic) bond motifs is 2. The normalized spacial score (nSPS) is 10.5. The minimum Gasteiger partial charge on any atom is -0.371 e. The van der Waals surface area contributed by atoms with E-state index in [2.05, 4.69) is 40.2 Å². The van der Waals surface area contributed by atoms with E-state index >= 15 is 0 Å². The molecule has 0 fully saturated rings. The Labute approximate surface area is 129 Å². The topological polar surface area (TPSA) is 156 Å². The monoisotopic (exact) mass is 314 g/mol. The number of aryl methyl sites for hydroxylation is 1. The number of nitrogen functional groups attached to an aromatic ring is 1. The van der Waals surface area contributed by atoms with Crippen molar-refractivity contribution in [3.8, 4) is 0 Å². The summed E-state index contributed by atoms with van der Waals surface area (Å²) in [6, 6.07) is 0. The highest BCUT2D eigenvalue weighted by Gasteiger charge is 2.05. The SMILES string of the molecule is CNc1ncnc2nc[nH]c12.Cn1cnc2nc(N)[nH]c(=O)c21. The predicted molar refractivity (Wildman–Crippen MR) is 84.8 cm³/mol. The Kier molecular flexibility index (Phi) is 3.58. The van der Waals surface area contributed by atoms with Gasteiger partial charge in [0.1, 0.15) is 11.8 Å². The maximum Gasteiger partial charge on any atom is 0.278 e. The molecule has 4 heterocycles. The van der Waals surface area contributed by atoms with Crippen molar-refractivity contribution in [1.82, 2.24) is 39.5 Å². The standard InChI is InChI=1S/C6H7N5O.C6H7N5/c1-11-2-8-4-3(11)5(12)10-6(7)9-4;1-7-5-4-6(10-2-8-4)11-3-9-5/h2H,1H3,(H3,7,9,10,12);2-3H,1H3,(H2,7,8,9,10,11). The van der Waals surface area contributed by atoms with Gasteiger partial charge in [0.25, 0.3) is 5.56 Å². The van der Waals surface area contributed by atoms with Gasteiger partial charge in [-0.15, -0.1) is 0 Å². The molecular weight excluding hydrogens is 300 g/mol. The van der Waals surface area contributed by atoms with Crippen molar-refractivity contribution in [3.05, 3.63) is 29.3 Å². The van der Waals surface area contributed by atoms with Gasteiger partial charge in [-0.25, -0.2) is 19.9 Å². The summed E-state index contributed by atoms with van der Waals surface area (Å²) in [5, 5.41) is 2.93. The number of aromatic amines is 2. The molecule has 0 aliphatic carbocycles. The van der Waals surface area contributed by atoms with Crippen molar-refractivity contribution < 1.29 is 0 Å². The number of rotatable bonds is 1. The molecule has 5 N–H and O–H groups in total. The van der Waals surface area contributed by atoms with Crippen molar-refractivity contribution in [2.45, 2.75) is 0 Å². The highest BCUT2D eigenvalue weighted by molar-refractivity contribution is 5.81. The molecule has 0 spiro atoms. The summed E-state index contributed by atoms with van der Waals surface area (Å²) in [6.07, 6.45) is 4.60. The number of hydrogen-bond acceptors (Lipinski definition) is 8. The summed E-state index contributed by atoms with van der Waals surface area (Å²) in [4.78, 5) is 36.3. The molecule has 0 unspecified atom stereocenters. The molecule has 0 saturated heterocycles. The molecule has 11 nitrogen and oxygen atoms in total. The molecule has 0 saturated carbocycles. The van der Waals surface area contributed by atoms with Crippen LogP contribution >= 0.6 is 0 Å². The molecule has 0 radical (unpaired) electrons. The van der Waals surface area contributed by atoms with E-state index in [1.54, 1.807) is 17.9 Å². The zero-order valence-corrected chi connectivity index (χ0v) is 12.4. The molecule has 0 aromatic carbocycles. The largest absolute Gasteiger partial charge is 0.371 e. The number of imidazole rings is 2. The fraction of sp³-hybridized carbons (Fsp3) is 0.167. The van der Waals surface area contributed by atoms with E-state index in [0.717, 1.165) is 11.3 Å². The first-order chi connectivity index (χ1) is 11.1. The second kappa shape index (κ2) is 5.71. The molecule has 4 aromatic heterocycles. The van der Waals surface area contributed by atoms with Gasteiger partial charge < -0.3 is 20.6 Å². The minimum absolute atomic E-state index is 0.0891. The van der Waals surface area contributed by atoms with E-state index in [1.165, 1.54) is 12.7 Å². The quantitative estimate of drug-likeness (QED) is 0.371. The van der Waals surface area contributed by atoms with Crippen LogP contribution in [0.4, 0.5) is 11.8 Å². The van der Waals surface area contributed by atoms with Crippen LogP contribution in [0.3, 0.4) is 0 Å². The Morgan fingerprint density at radius 1 is 1.22 bits per heavy atom. The average molecular weight is 314 g/mol. The van der Waals surface area contributed by atoms with Gasteiger partial charge in [-0.1, -0.05) is 0 Å². The van der Waals surface area contributed by atoms with Crippen LogP contribution in [0.25, 0.3) is 22.3 Å². The summed E-state index contributed by atoms with van der Waals surface area (Å²) in [7, 11) is 3.53. The van der Waals surface area contributed by atoms with Crippen LogP contribution in [0, 0.1) is 0 Å². The Hall–Kier alpha value is -3.50. The number of nitrogens with two attached hydrogens (primary N) is 1. The summed E-state index contributed by atoms with van der Waals surface area (Å²) < 4.78 is 1.60. The van der Waals surface area contributed by atoms with Gasteiger partial charge in [0, 0.05) is 14.1 Å². The van der Waals surface area contributed by atoms with Gasteiger partial charge in [-0.2, -0.15) is 4.98 Å². The van der Waals surface area contributed by atoms with E-state index in [4.69, 9.17) is 5.73 Å². The third kappa shape index (κ3) is 2.66. The second-order valence-electron chi connectivity index (χ2n) is 4.55. The fourth-order valence-electron chi connectivity index (χ4n) is 2.03. The summed E-state index contributed by atoms with van der Waals surface area (Å²) in [5.41, 5.74) is 7.39. The molecule has 0 aliphatic heterocycles. The molecular formula is C12H14N10O. The number of aromatic nitrogens is 8. The zero-order chi connectivity index (χ0) is 16.4. The van der Waals surface area contributed by atoms with Crippen molar-refractivity contribution in [1.29, 1.82) is 0 Å². The Bertz CT molecular complexity index is 1010. The lowest BCUT2D eigenvalue weighted by molar-refractivity contribution is 0.939. The fourth-order valence-corrected chi connectivity index (χ4v) is 2.03. The second-order valence-corrected chi connectivity index (χ2v) is 4.55. The van der Waals surface area contributed by atoms with E-state index < -0.39 is 0 Å². The summed E-state index contributed by atoms with van der Waals surface area (Å²) in [5.74, 6) is 0.860. The van der Waals surface area contributed by atoms with E-state index in [9.17, 15) is 4.79 Å². The predicted octanol–water partition coefficient (Wildman–Crippen LogP) is -0.367. The van der Waals surface area contributed by atoms with Gasteiger partial charge in [0.2, 0.25) is 5.95 Å². The smallest absolute Gasteiger partial charge is 0.278 e. The lowest BCUT2D eigenvalue weighted by Crippen LogP contribution is -2.13. The number of anilines is 2. The average Bonchev–Trinajstić information content (AvgIpc) is 3.14. The van der Waals surface area contributed by atoms with Crippen molar-refractivity contribution in [2.75, 3.05) is 18.1 Å². The Balaban J connectivity index is 0.000000136. The van der Waals surface area contributed by atoms with Crippen LogP contribution in [-0.2, 0) is 7.05 Å². The number of hydrogen-bond donors (Lipinski definition) is 4. The third-order valence-electron chi connectivity index (χ3n) is 3.06. The molecule has 118 valence electrons. The van der Waals surface area contributed by atoms with Gasteiger partial charge in [0.05, 0.1) is 12.7 Å². The number of nitrogens with one attached hydrogen (secondary N) is 3. The maximum atomic E-state index is 11.2. The minimum atomic E-state index is -0.266. The van der Waals surface area contributed by atoms with Crippen LogP contribution in [0.1, 0.15) is 0 Å². The van der Waals surface area contributed by atoms with Crippen LogP contribution < -0.4 is 16.6 Å². The summed E-state index contributed by atoms with van der Waals surface area (Å²) >= 11 is 0. The maximum absolute atomic E-state index is 11.2. The van der Waals surface area contributed by atoms with Crippen LogP contribution in [-0.4, -0.2) is 46.5 Å². The lowest BCUT2D eigenvalue weighted by Gasteiger charge is -1.96. The Morgan fingerprint density at radius 3 is 2.83 bits per heavy atom. The van der Waals surface area contributed by atoms with Crippen LogP contribution in [0.15, 0.2) is 23.8 Å². The first-order valence-corrected chi connectivity index (χ1v) is 6.58. The van der Waals surface area contributed by atoms with E-state index in [-0.39, 0.29) is 11.5 Å². The first-order valence-electron chi connectivity index (χ1n) is 6.58. The number of nitrogens with zero attached hydrogens (tertiary/aromatic N) is 6. The molecule has 0 aliphatic rings. The van der Waals surface area contributed by atoms with Crippen molar-refractivity contribution >= 4 is 34.1 Å². The van der Waals surface area contributed by atoms with Crippen molar-refractivity contribution in [3.63, 3.8) is 0 Å². The van der Waals surface area contributed by atoms with E-state index in [0.29, 0.717) is 16.8 Å². The van der Waals surface area contributed by atoms with Crippen molar-refractivity contribution in [2.24, 2.45) is 7.05 Å². The molecule has 4 rings (SSSR count). The molecule has 0 amide bonds. The first kappa shape index (κ1) is 14.4. The molecule has 4 aromatic rings. The summed E-state index contributed by atoms with van der Waals surface area (Å²) in [6.45, 7) is 0.